The Hall–Kier alpha value is -1.60. The van der Waals surface area contributed by atoms with Gasteiger partial charge in [-0.25, -0.2) is 0 Å². The van der Waals surface area contributed by atoms with E-state index in [0.29, 0.717) is 6.54 Å². The first kappa shape index (κ1) is 11.5. The molecule has 0 unspecified atom stereocenters. The third-order valence-electron chi connectivity index (χ3n) is 1.75. The van der Waals surface area contributed by atoms with Gasteiger partial charge in [0.2, 0.25) is 0 Å². The lowest BCUT2D eigenvalue weighted by molar-refractivity contribution is -0.117. The van der Waals surface area contributed by atoms with Crippen LogP contribution in [0.1, 0.15) is 18.9 Å². The van der Waals surface area contributed by atoms with Gasteiger partial charge in [-0.3, -0.25) is 4.79 Å². The van der Waals surface area contributed by atoms with Gasteiger partial charge in [-0.15, -0.1) is 0 Å². The summed E-state index contributed by atoms with van der Waals surface area (Å²) in [5.41, 5.74) is 1.05. The van der Waals surface area contributed by atoms with Gasteiger partial charge in [0.25, 0.3) is 5.91 Å². The van der Waals surface area contributed by atoms with Crippen LogP contribution in [0.3, 0.4) is 0 Å². The van der Waals surface area contributed by atoms with Crippen LogP contribution >= 0.6 is 11.3 Å². The number of carbonyl (C=O) groups excluding carboxylic acids is 1. The van der Waals surface area contributed by atoms with Gasteiger partial charge < -0.3 is 5.32 Å². The average Bonchev–Trinajstić information content (AvgIpc) is 2.75. The van der Waals surface area contributed by atoms with Crippen LogP contribution in [0.5, 0.6) is 0 Å². The van der Waals surface area contributed by atoms with Gasteiger partial charge in [0.1, 0.15) is 11.6 Å². The molecule has 0 bridgehead atoms. The van der Waals surface area contributed by atoms with Crippen molar-refractivity contribution in [1.29, 1.82) is 5.26 Å². The third-order valence-corrected chi connectivity index (χ3v) is 2.46. The van der Waals surface area contributed by atoms with Gasteiger partial charge in [-0.2, -0.15) is 16.6 Å². The molecule has 0 aromatic carbocycles. The molecule has 0 fully saturated rings. The van der Waals surface area contributed by atoms with E-state index >= 15 is 0 Å². The fourth-order valence-electron chi connectivity index (χ4n) is 1.01. The van der Waals surface area contributed by atoms with Crippen molar-refractivity contribution >= 4 is 23.3 Å². The standard InChI is InChI=1S/C11H12N2OS/c1-2-4-13-11(14)10(7-12)6-9-3-5-15-8-9/h3,5-6,8H,2,4H2,1H3,(H,13,14)/b10-6-. The Morgan fingerprint density at radius 2 is 2.53 bits per heavy atom. The van der Waals surface area contributed by atoms with E-state index in [1.807, 2.05) is 29.8 Å². The first-order valence-corrected chi connectivity index (χ1v) is 5.64. The number of nitrogens with zero attached hydrogens (tertiary/aromatic N) is 1. The topological polar surface area (TPSA) is 52.9 Å². The second-order valence-corrected chi connectivity index (χ2v) is 3.76. The molecule has 1 N–H and O–H groups in total. The van der Waals surface area contributed by atoms with Crippen molar-refractivity contribution in [3.8, 4) is 6.07 Å². The first-order valence-electron chi connectivity index (χ1n) is 4.70. The Morgan fingerprint density at radius 3 is 3.07 bits per heavy atom. The summed E-state index contributed by atoms with van der Waals surface area (Å²) >= 11 is 1.54. The largest absolute Gasteiger partial charge is 0.351 e. The van der Waals surface area contributed by atoms with Crippen molar-refractivity contribution in [2.45, 2.75) is 13.3 Å². The molecule has 3 nitrogen and oxygen atoms in total. The zero-order chi connectivity index (χ0) is 11.1. The molecule has 0 atom stereocenters. The van der Waals surface area contributed by atoms with Gasteiger partial charge >= 0.3 is 0 Å². The highest BCUT2D eigenvalue weighted by atomic mass is 32.1. The summed E-state index contributed by atoms with van der Waals surface area (Å²) in [6, 6.07) is 3.77. The van der Waals surface area contributed by atoms with Crippen molar-refractivity contribution in [2.24, 2.45) is 0 Å². The molecule has 0 aliphatic heterocycles. The number of nitrogens with one attached hydrogen (secondary N) is 1. The lowest BCUT2D eigenvalue weighted by Gasteiger charge is -2.00. The van der Waals surface area contributed by atoms with Crippen LogP contribution in [0.25, 0.3) is 6.08 Å². The van der Waals surface area contributed by atoms with E-state index in [9.17, 15) is 4.79 Å². The lowest BCUT2D eigenvalue weighted by atomic mass is 10.2. The number of hydrogen-bond acceptors (Lipinski definition) is 3. The molecule has 1 aromatic heterocycles. The minimum absolute atomic E-state index is 0.154. The molecule has 78 valence electrons. The molecule has 0 saturated carbocycles. The van der Waals surface area contributed by atoms with Crippen LogP contribution in [0.15, 0.2) is 22.4 Å². The predicted octanol–water partition coefficient (Wildman–Crippen LogP) is 2.18. The summed E-state index contributed by atoms with van der Waals surface area (Å²) in [6.07, 6.45) is 2.46. The highest BCUT2D eigenvalue weighted by Gasteiger charge is 2.07. The maximum Gasteiger partial charge on any atom is 0.261 e. The van der Waals surface area contributed by atoms with Crippen LogP contribution in [0.4, 0.5) is 0 Å². The average molecular weight is 220 g/mol. The molecule has 1 amide bonds. The molecule has 1 rings (SSSR count). The van der Waals surface area contributed by atoms with Crippen LogP contribution in [0.2, 0.25) is 0 Å². The van der Waals surface area contributed by atoms with Crippen LogP contribution < -0.4 is 5.32 Å². The van der Waals surface area contributed by atoms with Crippen molar-refractivity contribution in [2.75, 3.05) is 6.54 Å². The molecule has 1 aromatic rings. The molecular formula is C11H12N2OS. The van der Waals surface area contributed by atoms with Gasteiger partial charge in [-0.05, 0) is 34.9 Å². The Bertz CT molecular complexity index is 387. The Kier molecular flexibility index (Phi) is 4.58. The maximum absolute atomic E-state index is 11.5. The van der Waals surface area contributed by atoms with Gasteiger partial charge in [0.05, 0.1) is 0 Å². The highest BCUT2D eigenvalue weighted by molar-refractivity contribution is 7.08. The molecular weight excluding hydrogens is 208 g/mol. The van der Waals surface area contributed by atoms with E-state index in [-0.39, 0.29) is 11.5 Å². The Labute approximate surface area is 93.0 Å². The first-order chi connectivity index (χ1) is 7.27. The molecule has 4 heteroatoms. The smallest absolute Gasteiger partial charge is 0.261 e. The van der Waals surface area contributed by atoms with Crippen molar-refractivity contribution in [3.63, 3.8) is 0 Å². The highest BCUT2D eigenvalue weighted by Crippen LogP contribution is 2.10. The normalized spacial score (nSPS) is 10.8. The Morgan fingerprint density at radius 1 is 1.73 bits per heavy atom. The second-order valence-electron chi connectivity index (χ2n) is 2.98. The molecule has 0 spiro atoms. The SMILES string of the molecule is CCCNC(=O)/C(C#N)=C\c1ccsc1. The maximum atomic E-state index is 11.5. The quantitative estimate of drug-likeness (QED) is 0.624. The van der Waals surface area contributed by atoms with Crippen LogP contribution in [-0.4, -0.2) is 12.5 Å². The molecule has 0 aliphatic rings. The molecule has 0 radical (unpaired) electrons. The number of rotatable bonds is 4. The summed E-state index contributed by atoms with van der Waals surface area (Å²) in [5.74, 6) is -0.300. The van der Waals surface area contributed by atoms with E-state index in [1.165, 1.54) is 11.3 Å². The minimum atomic E-state index is -0.300. The van der Waals surface area contributed by atoms with Crippen molar-refractivity contribution in [3.05, 3.63) is 28.0 Å². The Balaban J connectivity index is 2.72. The van der Waals surface area contributed by atoms with Gasteiger partial charge in [0, 0.05) is 6.54 Å². The van der Waals surface area contributed by atoms with E-state index in [0.717, 1.165) is 12.0 Å². The molecule has 1 heterocycles. The van der Waals surface area contributed by atoms with E-state index < -0.39 is 0 Å². The van der Waals surface area contributed by atoms with E-state index in [1.54, 1.807) is 6.08 Å². The van der Waals surface area contributed by atoms with Gasteiger partial charge in [-0.1, -0.05) is 6.92 Å². The summed E-state index contributed by atoms with van der Waals surface area (Å²) in [5, 5.41) is 15.3. The monoisotopic (exact) mass is 220 g/mol. The number of amides is 1. The van der Waals surface area contributed by atoms with Crippen LogP contribution in [0, 0.1) is 11.3 Å². The number of thiophene rings is 1. The van der Waals surface area contributed by atoms with E-state index in [4.69, 9.17) is 5.26 Å². The summed E-state index contributed by atoms with van der Waals surface area (Å²) < 4.78 is 0. The van der Waals surface area contributed by atoms with Crippen molar-refractivity contribution in [1.82, 2.24) is 5.32 Å². The summed E-state index contributed by atoms with van der Waals surface area (Å²) in [6.45, 7) is 2.57. The third kappa shape index (κ3) is 3.56. The molecule has 0 aliphatic carbocycles. The second kappa shape index (κ2) is 5.99. The van der Waals surface area contributed by atoms with Gasteiger partial charge in [0.15, 0.2) is 0 Å². The summed E-state index contributed by atoms with van der Waals surface area (Å²) in [4.78, 5) is 11.5. The summed E-state index contributed by atoms with van der Waals surface area (Å²) in [7, 11) is 0. The zero-order valence-electron chi connectivity index (χ0n) is 8.49. The number of hydrogen-bond donors (Lipinski definition) is 1. The lowest BCUT2D eigenvalue weighted by Crippen LogP contribution is -2.25. The minimum Gasteiger partial charge on any atom is -0.351 e. The van der Waals surface area contributed by atoms with E-state index in [2.05, 4.69) is 5.32 Å². The van der Waals surface area contributed by atoms with Crippen LogP contribution in [-0.2, 0) is 4.79 Å². The fourth-order valence-corrected chi connectivity index (χ4v) is 1.62. The molecule has 0 saturated heterocycles. The zero-order valence-corrected chi connectivity index (χ0v) is 9.30. The van der Waals surface area contributed by atoms with Crippen molar-refractivity contribution < 1.29 is 4.79 Å². The number of carbonyl (C=O) groups is 1. The predicted molar refractivity (Wildman–Crippen MR) is 61.2 cm³/mol. The molecule has 15 heavy (non-hydrogen) atoms. The fraction of sp³-hybridized carbons (Fsp3) is 0.273. The number of nitriles is 1.